The van der Waals surface area contributed by atoms with Crippen LogP contribution in [0, 0.1) is 5.92 Å². The maximum absolute atomic E-state index is 11.6. The molecular formula is C11H17N3O. The fourth-order valence-corrected chi connectivity index (χ4v) is 1.10. The van der Waals surface area contributed by atoms with Gasteiger partial charge in [0.05, 0.1) is 5.69 Å². The number of carbonyl (C=O) groups is 1. The summed E-state index contributed by atoms with van der Waals surface area (Å²) in [6.45, 7) is 4.83. The SMILES string of the molecule is CCC(C)CNC(=O)c1ncccc1N. The Labute approximate surface area is 89.9 Å². The molecule has 15 heavy (non-hydrogen) atoms. The highest BCUT2D eigenvalue weighted by molar-refractivity contribution is 5.96. The minimum Gasteiger partial charge on any atom is -0.397 e. The molecule has 82 valence electrons. The topological polar surface area (TPSA) is 68.0 Å². The van der Waals surface area contributed by atoms with Crippen LogP contribution in [0.3, 0.4) is 0 Å². The number of nitrogens with two attached hydrogens (primary N) is 1. The second-order valence-corrected chi connectivity index (χ2v) is 3.66. The predicted molar refractivity (Wildman–Crippen MR) is 60.4 cm³/mol. The minimum absolute atomic E-state index is 0.201. The average molecular weight is 207 g/mol. The highest BCUT2D eigenvalue weighted by atomic mass is 16.1. The van der Waals surface area contributed by atoms with Crippen LogP contribution < -0.4 is 11.1 Å². The van der Waals surface area contributed by atoms with Gasteiger partial charge in [-0.1, -0.05) is 20.3 Å². The van der Waals surface area contributed by atoms with Crippen molar-refractivity contribution in [3.8, 4) is 0 Å². The Morgan fingerprint density at radius 2 is 2.40 bits per heavy atom. The maximum atomic E-state index is 11.6. The third-order valence-corrected chi connectivity index (χ3v) is 2.36. The molecule has 4 heteroatoms. The summed E-state index contributed by atoms with van der Waals surface area (Å²) in [5, 5.41) is 2.81. The van der Waals surface area contributed by atoms with Gasteiger partial charge in [-0.25, -0.2) is 4.98 Å². The molecule has 1 rings (SSSR count). The standard InChI is InChI=1S/C11H17N3O/c1-3-8(2)7-14-11(15)10-9(12)5-4-6-13-10/h4-6,8H,3,7,12H2,1-2H3,(H,14,15). The molecule has 3 N–H and O–H groups in total. The lowest BCUT2D eigenvalue weighted by Crippen LogP contribution is -2.29. The Morgan fingerprint density at radius 3 is 3.00 bits per heavy atom. The van der Waals surface area contributed by atoms with Gasteiger partial charge in [-0.2, -0.15) is 0 Å². The highest BCUT2D eigenvalue weighted by Gasteiger charge is 2.10. The zero-order chi connectivity index (χ0) is 11.3. The molecule has 0 radical (unpaired) electrons. The molecule has 0 aliphatic carbocycles. The summed E-state index contributed by atoms with van der Waals surface area (Å²) < 4.78 is 0. The number of anilines is 1. The van der Waals surface area contributed by atoms with E-state index < -0.39 is 0 Å². The summed E-state index contributed by atoms with van der Waals surface area (Å²) in [7, 11) is 0. The van der Waals surface area contributed by atoms with Crippen LogP contribution in [-0.4, -0.2) is 17.4 Å². The second-order valence-electron chi connectivity index (χ2n) is 3.66. The van der Waals surface area contributed by atoms with Crippen LogP contribution in [-0.2, 0) is 0 Å². The normalized spacial score (nSPS) is 12.1. The van der Waals surface area contributed by atoms with E-state index >= 15 is 0 Å². The third-order valence-electron chi connectivity index (χ3n) is 2.36. The van der Waals surface area contributed by atoms with Gasteiger partial charge in [-0.3, -0.25) is 4.79 Å². The van der Waals surface area contributed by atoms with Crippen LogP contribution in [0.2, 0.25) is 0 Å². The highest BCUT2D eigenvalue weighted by Crippen LogP contribution is 2.06. The average Bonchev–Trinajstić information content (AvgIpc) is 2.26. The van der Waals surface area contributed by atoms with Crippen LogP contribution in [0.15, 0.2) is 18.3 Å². The van der Waals surface area contributed by atoms with Crippen molar-refractivity contribution in [2.24, 2.45) is 5.92 Å². The van der Waals surface area contributed by atoms with E-state index in [0.29, 0.717) is 23.8 Å². The molecule has 1 unspecified atom stereocenters. The van der Waals surface area contributed by atoms with E-state index in [1.54, 1.807) is 18.3 Å². The first kappa shape index (κ1) is 11.5. The van der Waals surface area contributed by atoms with Gasteiger partial charge < -0.3 is 11.1 Å². The van der Waals surface area contributed by atoms with Gasteiger partial charge in [0.1, 0.15) is 0 Å². The molecule has 1 atom stereocenters. The fraction of sp³-hybridized carbons (Fsp3) is 0.455. The van der Waals surface area contributed by atoms with Crippen LogP contribution in [0.25, 0.3) is 0 Å². The number of hydrogen-bond acceptors (Lipinski definition) is 3. The quantitative estimate of drug-likeness (QED) is 0.785. The number of amides is 1. The number of hydrogen-bond donors (Lipinski definition) is 2. The number of nitrogens with zero attached hydrogens (tertiary/aromatic N) is 1. The van der Waals surface area contributed by atoms with E-state index in [1.807, 2.05) is 0 Å². The summed E-state index contributed by atoms with van der Waals surface area (Å²) in [6.07, 6.45) is 2.60. The lowest BCUT2D eigenvalue weighted by molar-refractivity contribution is 0.0944. The Balaban J connectivity index is 2.58. The van der Waals surface area contributed by atoms with E-state index in [-0.39, 0.29) is 5.91 Å². The molecule has 1 heterocycles. The van der Waals surface area contributed by atoms with Crippen molar-refractivity contribution in [2.45, 2.75) is 20.3 Å². The lowest BCUT2D eigenvalue weighted by atomic mass is 10.1. The Morgan fingerprint density at radius 1 is 1.67 bits per heavy atom. The van der Waals surface area contributed by atoms with Crippen LogP contribution >= 0.6 is 0 Å². The molecule has 4 nitrogen and oxygen atoms in total. The molecule has 0 spiro atoms. The molecule has 1 aromatic heterocycles. The molecule has 0 aromatic carbocycles. The van der Waals surface area contributed by atoms with Gasteiger partial charge in [0.2, 0.25) is 0 Å². The molecule has 1 aromatic rings. The molecule has 0 saturated heterocycles. The van der Waals surface area contributed by atoms with Gasteiger partial charge in [-0.15, -0.1) is 0 Å². The van der Waals surface area contributed by atoms with E-state index in [4.69, 9.17) is 5.73 Å². The summed E-state index contributed by atoms with van der Waals surface area (Å²) in [5.74, 6) is 0.271. The fourth-order valence-electron chi connectivity index (χ4n) is 1.10. The molecular weight excluding hydrogens is 190 g/mol. The Kier molecular flexibility index (Phi) is 4.09. The zero-order valence-electron chi connectivity index (χ0n) is 9.16. The van der Waals surface area contributed by atoms with Gasteiger partial charge >= 0.3 is 0 Å². The predicted octanol–water partition coefficient (Wildman–Crippen LogP) is 1.44. The lowest BCUT2D eigenvalue weighted by Gasteiger charge is -2.10. The molecule has 1 amide bonds. The summed E-state index contributed by atoms with van der Waals surface area (Å²) >= 11 is 0. The first-order valence-corrected chi connectivity index (χ1v) is 5.13. The molecule has 0 aliphatic heterocycles. The van der Waals surface area contributed by atoms with Crippen molar-refractivity contribution in [2.75, 3.05) is 12.3 Å². The zero-order valence-corrected chi connectivity index (χ0v) is 9.16. The second kappa shape index (κ2) is 5.34. The maximum Gasteiger partial charge on any atom is 0.272 e. The van der Waals surface area contributed by atoms with Crippen molar-refractivity contribution in [1.82, 2.24) is 10.3 Å². The monoisotopic (exact) mass is 207 g/mol. The van der Waals surface area contributed by atoms with Gasteiger partial charge in [-0.05, 0) is 18.1 Å². The van der Waals surface area contributed by atoms with Gasteiger partial charge in [0.25, 0.3) is 5.91 Å². The smallest absolute Gasteiger partial charge is 0.272 e. The summed E-state index contributed by atoms with van der Waals surface area (Å²) in [6, 6.07) is 3.38. The third kappa shape index (κ3) is 3.23. The number of carbonyl (C=O) groups excluding carboxylic acids is 1. The summed E-state index contributed by atoms with van der Waals surface area (Å²) in [5.41, 5.74) is 6.36. The number of pyridine rings is 1. The molecule has 0 aliphatic rings. The van der Waals surface area contributed by atoms with Crippen molar-refractivity contribution >= 4 is 11.6 Å². The minimum atomic E-state index is -0.201. The van der Waals surface area contributed by atoms with E-state index in [0.717, 1.165) is 6.42 Å². The molecule has 0 bridgehead atoms. The first-order chi connectivity index (χ1) is 7.15. The van der Waals surface area contributed by atoms with Gasteiger partial charge in [0.15, 0.2) is 5.69 Å². The van der Waals surface area contributed by atoms with E-state index in [1.165, 1.54) is 0 Å². The van der Waals surface area contributed by atoms with Crippen LogP contribution in [0.4, 0.5) is 5.69 Å². The largest absolute Gasteiger partial charge is 0.397 e. The van der Waals surface area contributed by atoms with E-state index in [2.05, 4.69) is 24.1 Å². The number of nitrogen functional groups attached to an aromatic ring is 1. The van der Waals surface area contributed by atoms with Crippen molar-refractivity contribution in [3.63, 3.8) is 0 Å². The van der Waals surface area contributed by atoms with Crippen molar-refractivity contribution < 1.29 is 4.79 Å². The number of aromatic nitrogens is 1. The van der Waals surface area contributed by atoms with E-state index in [9.17, 15) is 4.79 Å². The first-order valence-electron chi connectivity index (χ1n) is 5.13. The van der Waals surface area contributed by atoms with Gasteiger partial charge in [0, 0.05) is 12.7 Å². The van der Waals surface area contributed by atoms with Crippen molar-refractivity contribution in [3.05, 3.63) is 24.0 Å². The summed E-state index contributed by atoms with van der Waals surface area (Å²) in [4.78, 5) is 15.6. The van der Waals surface area contributed by atoms with Crippen molar-refractivity contribution in [1.29, 1.82) is 0 Å². The molecule has 0 saturated carbocycles. The number of nitrogens with one attached hydrogen (secondary N) is 1. The molecule has 0 fully saturated rings. The Bertz CT molecular complexity index is 338. The van der Waals surface area contributed by atoms with Crippen LogP contribution in [0.5, 0.6) is 0 Å². The van der Waals surface area contributed by atoms with Crippen LogP contribution in [0.1, 0.15) is 30.8 Å². The Hall–Kier alpha value is -1.58. The number of rotatable bonds is 4.